The first kappa shape index (κ1) is 17.9. The Balaban J connectivity index is 2.14. The van der Waals surface area contributed by atoms with E-state index < -0.39 is 21.8 Å². The van der Waals surface area contributed by atoms with E-state index in [1.54, 1.807) is 19.9 Å². The maximum Gasteiger partial charge on any atom is 0.338 e. The van der Waals surface area contributed by atoms with Crippen LogP contribution in [-0.4, -0.2) is 21.0 Å². The summed E-state index contributed by atoms with van der Waals surface area (Å²) in [5, 5.41) is 0. The van der Waals surface area contributed by atoms with Gasteiger partial charge in [-0.15, -0.1) is 0 Å². The molecule has 0 amide bonds. The van der Waals surface area contributed by atoms with E-state index in [1.807, 2.05) is 0 Å². The molecule has 0 saturated carbocycles. The molecule has 0 radical (unpaired) electrons. The molecule has 0 aliphatic heterocycles. The molecule has 0 fully saturated rings. The first-order chi connectivity index (χ1) is 11.3. The van der Waals surface area contributed by atoms with Crippen molar-refractivity contribution in [3.8, 4) is 0 Å². The van der Waals surface area contributed by atoms with Crippen LogP contribution in [0.4, 0.5) is 10.1 Å². The van der Waals surface area contributed by atoms with Crippen LogP contribution in [0.2, 0.25) is 0 Å². The number of aryl methyl sites for hydroxylation is 1. The average Bonchev–Trinajstić information content (AvgIpc) is 2.51. The number of benzene rings is 2. The number of halogens is 1. The predicted molar refractivity (Wildman–Crippen MR) is 89.8 cm³/mol. The van der Waals surface area contributed by atoms with Crippen LogP contribution >= 0.6 is 0 Å². The molecule has 0 spiro atoms. The lowest BCUT2D eigenvalue weighted by atomic mass is 10.1. The third kappa shape index (κ3) is 4.79. The third-order valence-electron chi connectivity index (χ3n) is 3.27. The van der Waals surface area contributed by atoms with Crippen LogP contribution in [0.15, 0.2) is 42.5 Å². The molecule has 0 unspecified atom stereocenters. The van der Waals surface area contributed by atoms with Crippen LogP contribution in [0.25, 0.3) is 0 Å². The second-order valence-corrected chi connectivity index (χ2v) is 6.96. The molecular weight excluding hydrogens is 333 g/mol. The highest BCUT2D eigenvalue weighted by Crippen LogP contribution is 2.20. The number of ether oxygens (including phenoxy) is 1. The third-order valence-corrected chi connectivity index (χ3v) is 4.52. The molecule has 5 nitrogen and oxygen atoms in total. The minimum atomic E-state index is -3.65. The zero-order chi connectivity index (χ0) is 17.7. The van der Waals surface area contributed by atoms with Crippen molar-refractivity contribution in [1.29, 1.82) is 0 Å². The molecule has 128 valence electrons. The first-order valence-electron chi connectivity index (χ1n) is 7.33. The van der Waals surface area contributed by atoms with E-state index in [9.17, 15) is 17.6 Å². The van der Waals surface area contributed by atoms with Gasteiger partial charge in [-0.2, -0.15) is 0 Å². The molecule has 24 heavy (non-hydrogen) atoms. The van der Waals surface area contributed by atoms with Gasteiger partial charge in [0.05, 0.1) is 23.6 Å². The SMILES string of the molecule is CCOC(=O)c1ccc(NS(=O)(=O)Cc2ccc(F)cc2)c(C)c1. The predicted octanol–water partition coefficient (Wildman–Crippen LogP) is 3.25. The second kappa shape index (κ2) is 7.44. The Morgan fingerprint density at radius 2 is 1.83 bits per heavy atom. The quantitative estimate of drug-likeness (QED) is 0.811. The number of hydrogen-bond acceptors (Lipinski definition) is 4. The fourth-order valence-corrected chi connectivity index (χ4v) is 3.39. The van der Waals surface area contributed by atoms with Crippen molar-refractivity contribution in [3.63, 3.8) is 0 Å². The van der Waals surface area contributed by atoms with Gasteiger partial charge < -0.3 is 4.74 Å². The molecule has 2 aromatic rings. The number of nitrogens with one attached hydrogen (secondary N) is 1. The number of carbonyl (C=O) groups is 1. The molecule has 0 aliphatic carbocycles. The van der Waals surface area contributed by atoms with E-state index in [0.29, 0.717) is 22.4 Å². The summed E-state index contributed by atoms with van der Waals surface area (Å²) < 4.78 is 44.7. The number of sulfonamides is 1. The highest BCUT2D eigenvalue weighted by molar-refractivity contribution is 7.91. The maximum atomic E-state index is 12.9. The summed E-state index contributed by atoms with van der Waals surface area (Å²) in [6.45, 7) is 3.67. The molecule has 1 N–H and O–H groups in total. The van der Waals surface area contributed by atoms with E-state index in [1.165, 1.54) is 36.4 Å². The highest BCUT2D eigenvalue weighted by Gasteiger charge is 2.15. The van der Waals surface area contributed by atoms with Crippen molar-refractivity contribution < 1.29 is 22.3 Å². The standard InChI is InChI=1S/C17H18FNO4S/c1-3-23-17(20)14-6-9-16(12(2)10-14)19-24(21,22)11-13-4-7-15(18)8-5-13/h4-10,19H,3,11H2,1-2H3. The second-order valence-electron chi connectivity index (χ2n) is 5.24. The molecule has 0 aromatic heterocycles. The summed E-state index contributed by atoms with van der Waals surface area (Å²) >= 11 is 0. The summed E-state index contributed by atoms with van der Waals surface area (Å²) in [7, 11) is -3.65. The average molecular weight is 351 g/mol. The summed E-state index contributed by atoms with van der Waals surface area (Å²) in [5.74, 6) is -1.15. The zero-order valence-corrected chi connectivity index (χ0v) is 14.2. The Bertz CT molecular complexity index is 832. The normalized spacial score (nSPS) is 11.1. The van der Waals surface area contributed by atoms with Gasteiger partial charge in [-0.05, 0) is 55.3 Å². The van der Waals surface area contributed by atoms with Crippen LogP contribution in [0, 0.1) is 12.7 Å². The minimum Gasteiger partial charge on any atom is -0.462 e. The molecule has 2 aromatic carbocycles. The van der Waals surface area contributed by atoms with E-state index in [2.05, 4.69) is 4.72 Å². The Labute approximate surface area is 140 Å². The molecule has 0 saturated heterocycles. The molecule has 0 aliphatic rings. The summed E-state index contributed by atoms with van der Waals surface area (Å²) in [6.07, 6.45) is 0. The van der Waals surface area contributed by atoms with Crippen LogP contribution in [0.3, 0.4) is 0 Å². The van der Waals surface area contributed by atoms with Crippen molar-refractivity contribution in [3.05, 3.63) is 65.0 Å². The van der Waals surface area contributed by atoms with Crippen molar-refractivity contribution in [1.82, 2.24) is 0 Å². The number of anilines is 1. The van der Waals surface area contributed by atoms with Crippen LogP contribution in [0.5, 0.6) is 0 Å². The Kier molecular flexibility index (Phi) is 5.56. The van der Waals surface area contributed by atoms with Gasteiger partial charge in [-0.3, -0.25) is 4.72 Å². The van der Waals surface area contributed by atoms with Gasteiger partial charge in [-0.25, -0.2) is 17.6 Å². The Hall–Kier alpha value is -2.41. The lowest BCUT2D eigenvalue weighted by molar-refractivity contribution is 0.0526. The zero-order valence-electron chi connectivity index (χ0n) is 13.4. The minimum absolute atomic E-state index is 0.268. The van der Waals surface area contributed by atoms with E-state index >= 15 is 0 Å². The lowest BCUT2D eigenvalue weighted by Crippen LogP contribution is -2.16. The van der Waals surface area contributed by atoms with Gasteiger partial charge in [0.15, 0.2) is 0 Å². The molecular formula is C17H18FNO4S. The number of esters is 1. The largest absolute Gasteiger partial charge is 0.462 e. The van der Waals surface area contributed by atoms with Gasteiger partial charge in [0.25, 0.3) is 0 Å². The van der Waals surface area contributed by atoms with Gasteiger partial charge >= 0.3 is 5.97 Å². The van der Waals surface area contributed by atoms with Crippen LogP contribution in [0.1, 0.15) is 28.4 Å². The number of hydrogen-bond donors (Lipinski definition) is 1. The lowest BCUT2D eigenvalue weighted by Gasteiger charge is -2.12. The summed E-state index contributed by atoms with van der Waals surface area (Å²) in [6, 6.07) is 9.85. The molecule has 0 heterocycles. The number of carbonyl (C=O) groups excluding carboxylic acids is 1. The van der Waals surface area contributed by atoms with Crippen molar-refractivity contribution in [2.75, 3.05) is 11.3 Å². The molecule has 0 atom stereocenters. The number of rotatable bonds is 6. The summed E-state index contributed by atoms with van der Waals surface area (Å²) in [5.41, 5.74) is 1.81. The maximum absolute atomic E-state index is 12.9. The Morgan fingerprint density at radius 3 is 2.42 bits per heavy atom. The topological polar surface area (TPSA) is 72.5 Å². The van der Waals surface area contributed by atoms with E-state index in [0.717, 1.165) is 0 Å². The van der Waals surface area contributed by atoms with Crippen molar-refractivity contribution in [2.24, 2.45) is 0 Å². The van der Waals surface area contributed by atoms with Gasteiger partial charge in [0.2, 0.25) is 10.0 Å². The molecule has 7 heteroatoms. The first-order valence-corrected chi connectivity index (χ1v) is 8.98. The van der Waals surface area contributed by atoms with Gasteiger partial charge in [0, 0.05) is 0 Å². The van der Waals surface area contributed by atoms with Crippen LogP contribution in [-0.2, 0) is 20.5 Å². The summed E-state index contributed by atoms with van der Waals surface area (Å²) in [4.78, 5) is 11.7. The molecule has 0 bridgehead atoms. The van der Waals surface area contributed by atoms with E-state index in [-0.39, 0.29) is 12.4 Å². The smallest absolute Gasteiger partial charge is 0.338 e. The van der Waals surface area contributed by atoms with E-state index in [4.69, 9.17) is 4.74 Å². The monoisotopic (exact) mass is 351 g/mol. The molecule has 2 rings (SSSR count). The van der Waals surface area contributed by atoms with Gasteiger partial charge in [-0.1, -0.05) is 12.1 Å². The van der Waals surface area contributed by atoms with Crippen molar-refractivity contribution >= 4 is 21.7 Å². The Morgan fingerprint density at radius 1 is 1.17 bits per heavy atom. The fraction of sp³-hybridized carbons (Fsp3) is 0.235. The highest BCUT2D eigenvalue weighted by atomic mass is 32.2. The van der Waals surface area contributed by atoms with Gasteiger partial charge in [0.1, 0.15) is 5.82 Å². The fourth-order valence-electron chi connectivity index (χ4n) is 2.12. The van der Waals surface area contributed by atoms with Crippen molar-refractivity contribution in [2.45, 2.75) is 19.6 Å². The van der Waals surface area contributed by atoms with Crippen LogP contribution < -0.4 is 4.72 Å².